The van der Waals surface area contributed by atoms with Gasteiger partial charge in [0.05, 0.1) is 16.3 Å². The number of nitrogens with one attached hydrogen (secondary N) is 2. The van der Waals surface area contributed by atoms with Gasteiger partial charge in [0.25, 0.3) is 5.91 Å². The number of sulfonamides is 1. The Labute approximate surface area is 193 Å². The molecule has 0 radical (unpaired) electrons. The van der Waals surface area contributed by atoms with E-state index in [0.29, 0.717) is 11.4 Å². The Bertz CT molecular complexity index is 1160. The van der Waals surface area contributed by atoms with Crippen molar-refractivity contribution >= 4 is 39.2 Å². The number of fused-ring (bicyclic) bond motifs is 1. The highest BCUT2D eigenvalue weighted by molar-refractivity contribution is 7.89. The molecule has 0 bridgehead atoms. The third-order valence-corrected chi connectivity index (χ3v) is 6.67. The molecule has 10 heteroatoms. The highest BCUT2D eigenvalue weighted by Crippen LogP contribution is 2.29. The van der Waals surface area contributed by atoms with Crippen LogP contribution in [-0.4, -0.2) is 44.9 Å². The second kappa shape index (κ2) is 9.72. The van der Waals surface area contributed by atoms with Crippen molar-refractivity contribution < 1.29 is 27.5 Å². The van der Waals surface area contributed by atoms with E-state index in [1.807, 2.05) is 6.92 Å². The molecule has 0 saturated heterocycles. The zero-order chi connectivity index (χ0) is 24.3. The van der Waals surface area contributed by atoms with Crippen LogP contribution in [0.2, 0.25) is 0 Å². The van der Waals surface area contributed by atoms with Gasteiger partial charge in [-0.25, -0.2) is 8.42 Å². The third kappa shape index (κ3) is 5.58. The smallest absolute Gasteiger partial charge is 0.325 e. The zero-order valence-electron chi connectivity index (χ0n) is 18.9. The van der Waals surface area contributed by atoms with Gasteiger partial charge in [-0.15, -0.1) is 0 Å². The zero-order valence-corrected chi connectivity index (χ0v) is 19.7. The SMILES string of the molecule is Cc1ccc(S(=O)(=O)N[C@@H](C(=O)O[C@H](C)C(=O)N2CC(=O)Nc3ccccc32)C(C)C)cc1. The van der Waals surface area contributed by atoms with E-state index in [4.69, 9.17) is 4.74 Å². The fourth-order valence-corrected chi connectivity index (χ4v) is 4.69. The Morgan fingerprint density at radius 2 is 1.70 bits per heavy atom. The van der Waals surface area contributed by atoms with Gasteiger partial charge >= 0.3 is 5.97 Å². The summed E-state index contributed by atoms with van der Waals surface area (Å²) >= 11 is 0. The van der Waals surface area contributed by atoms with E-state index < -0.39 is 40.0 Å². The Kier molecular flexibility index (Phi) is 7.19. The average molecular weight is 474 g/mol. The summed E-state index contributed by atoms with van der Waals surface area (Å²) in [6, 6.07) is 11.8. The molecule has 0 unspecified atom stereocenters. The average Bonchev–Trinajstić information content (AvgIpc) is 2.76. The number of ether oxygens (including phenoxy) is 1. The van der Waals surface area contributed by atoms with Crippen molar-refractivity contribution in [2.45, 2.75) is 44.7 Å². The molecule has 3 rings (SSSR count). The van der Waals surface area contributed by atoms with Crippen LogP contribution in [0.15, 0.2) is 53.4 Å². The summed E-state index contributed by atoms with van der Waals surface area (Å²) in [5.41, 5.74) is 1.87. The molecule has 0 aromatic heterocycles. The number of hydrogen-bond acceptors (Lipinski definition) is 6. The number of aryl methyl sites for hydroxylation is 1. The van der Waals surface area contributed by atoms with Gasteiger partial charge in [-0.2, -0.15) is 4.72 Å². The van der Waals surface area contributed by atoms with Gasteiger partial charge in [0.1, 0.15) is 12.6 Å². The summed E-state index contributed by atoms with van der Waals surface area (Å²) < 4.78 is 33.3. The number of esters is 1. The van der Waals surface area contributed by atoms with E-state index in [9.17, 15) is 22.8 Å². The molecule has 1 heterocycles. The van der Waals surface area contributed by atoms with Gasteiger partial charge in [0, 0.05) is 0 Å². The Morgan fingerprint density at radius 1 is 1.06 bits per heavy atom. The van der Waals surface area contributed by atoms with Gasteiger partial charge < -0.3 is 10.1 Å². The fraction of sp³-hybridized carbons (Fsp3) is 0.348. The maximum atomic E-state index is 13.0. The van der Waals surface area contributed by atoms with Crippen molar-refractivity contribution in [1.82, 2.24) is 4.72 Å². The molecule has 2 aromatic rings. The van der Waals surface area contributed by atoms with Crippen LogP contribution in [0.3, 0.4) is 0 Å². The van der Waals surface area contributed by atoms with Crippen LogP contribution in [0.25, 0.3) is 0 Å². The molecule has 0 fully saturated rings. The standard InChI is InChI=1S/C23H27N3O6S/c1-14(2)21(25-33(30,31)17-11-9-15(3)10-12-17)23(29)32-16(4)22(28)26-13-20(27)24-18-7-5-6-8-19(18)26/h5-12,14,16,21,25H,13H2,1-4H3,(H,24,27)/t16-,21-/m1/s1. The summed E-state index contributed by atoms with van der Waals surface area (Å²) in [6.07, 6.45) is -1.23. The van der Waals surface area contributed by atoms with E-state index in [2.05, 4.69) is 10.0 Å². The predicted octanol–water partition coefficient (Wildman–Crippen LogP) is 2.21. The number of nitrogens with zero attached hydrogens (tertiary/aromatic N) is 1. The molecule has 9 nitrogen and oxygen atoms in total. The molecule has 2 N–H and O–H groups in total. The van der Waals surface area contributed by atoms with E-state index in [-0.39, 0.29) is 17.3 Å². The van der Waals surface area contributed by atoms with E-state index in [0.717, 1.165) is 5.56 Å². The van der Waals surface area contributed by atoms with E-state index in [1.54, 1.807) is 50.2 Å². The van der Waals surface area contributed by atoms with E-state index in [1.165, 1.54) is 24.0 Å². The normalized spacial score (nSPS) is 15.4. The van der Waals surface area contributed by atoms with Crippen LogP contribution >= 0.6 is 0 Å². The number of rotatable bonds is 7. The highest BCUT2D eigenvalue weighted by Gasteiger charge is 2.35. The predicted molar refractivity (Wildman–Crippen MR) is 123 cm³/mol. The first kappa shape index (κ1) is 24.4. The van der Waals surface area contributed by atoms with Gasteiger partial charge in [-0.1, -0.05) is 43.7 Å². The first-order valence-electron chi connectivity index (χ1n) is 10.5. The van der Waals surface area contributed by atoms with Crippen LogP contribution < -0.4 is 14.9 Å². The molecule has 2 amide bonds. The maximum Gasteiger partial charge on any atom is 0.325 e. The van der Waals surface area contributed by atoms with Crippen LogP contribution in [0.1, 0.15) is 26.3 Å². The van der Waals surface area contributed by atoms with Crippen LogP contribution in [-0.2, 0) is 29.1 Å². The minimum absolute atomic E-state index is 0.0200. The molecule has 0 spiro atoms. The van der Waals surface area contributed by atoms with Crippen molar-refractivity contribution in [3.63, 3.8) is 0 Å². The fourth-order valence-electron chi connectivity index (χ4n) is 3.36. The van der Waals surface area contributed by atoms with Crippen molar-refractivity contribution in [1.29, 1.82) is 0 Å². The molecule has 2 aromatic carbocycles. The van der Waals surface area contributed by atoms with E-state index >= 15 is 0 Å². The van der Waals surface area contributed by atoms with Gasteiger partial charge in [0.2, 0.25) is 15.9 Å². The number of benzene rings is 2. The van der Waals surface area contributed by atoms with Crippen molar-refractivity contribution in [3.8, 4) is 0 Å². The molecule has 33 heavy (non-hydrogen) atoms. The lowest BCUT2D eigenvalue weighted by atomic mass is 10.1. The Morgan fingerprint density at radius 3 is 2.33 bits per heavy atom. The molecule has 2 atom stereocenters. The van der Waals surface area contributed by atoms with Gasteiger partial charge in [-0.05, 0) is 44.0 Å². The number of amides is 2. The Hall–Kier alpha value is -3.24. The first-order chi connectivity index (χ1) is 15.5. The monoisotopic (exact) mass is 473 g/mol. The third-order valence-electron chi connectivity index (χ3n) is 5.21. The second-order valence-corrected chi connectivity index (χ2v) is 9.94. The summed E-state index contributed by atoms with van der Waals surface area (Å²) in [5.74, 6) is -2.28. The molecule has 176 valence electrons. The summed E-state index contributed by atoms with van der Waals surface area (Å²) in [5, 5.41) is 2.69. The number of hydrogen-bond donors (Lipinski definition) is 2. The summed E-state index contributed by atoms with van der Waals surface area (Å²) in [7, 11) is -3.99. The number of carbonyl (C=O) groups is 3. The minimum Gasteiger partial charge on any atom is -0.451 e. The topological polar surface area (TPSA) is 122 Å². The summed E-state index contributed by atoms with van der Waals surface area (Å²) in [4.78, 5) is 39.1. The first-order valence-corrected chi connectivity index (χ1v) is 12.0. The highest BCUT2D eigenvalue weighted by atomic mass is 32.2. The quantitative estimate of drug-likeness (QED) is 0.595. The summed E-state index contributed by atoms with van der Waals surface area (Å²) in [6.45, 7) is 6.34. The van der Waals surface area contributed by atoms with Gasteiger partial charge in [0.15, 0.2) is 6.10 Å². The second-order valence-electron chi connectivity index (χ2n) is 8.22. The van der Waals surface area contributed by atoms with Crippen LogP contribution in [0.4, 0.5) is 11.4 Å². The minimum atomic E-state index is -3.99. The number of para-hydroxylation sites is 2. The number of anilines is 2. The largest absolute Gasteiger partial charge is 0.451 e. The van der Waals surface area contributed by atoms with Crippen molar-refractivity contribution in [3.05, 3.63) is 54.1 Å². The Balaban J connectivity index is 1.74. The molecule has 1 aliphatic rings. The lowest BCUT2D eigenvalue weighted by Crippen LogP contribution is -2.50. The van der Waals surface area contributed by atoms with Crippen LogP contribution in [0.5, 0.6) is 0 Å². The van der Waals surface area contributed by atoms with Crippen LogP contribution in [0, 0.1) is 12.8 Å². The lowest BCUT2D eigenvalue weighted by molar-refractivity contribution is -0.156. The van der Waals surface area contributed by atoms with Crippen molar-refractivity contribution in [2.75, 3.05) is 16.8 Å². The van der Waals surface area contributed by atoms with Gasteiger partial charge in [-0.3, -0.25) is 19.3 Å². The molecule has 1 aliphatic heterocycles. The number of carbonyl (C=O) groups excluding carboxylic acids is 3. The van der Waals surface area contributed by atoms with Crippen molar-refractivity contribution in [2.24, 2.45) is 5.92 Å². The molecule has 0 aliphatic carbocycles. The lowest BCUT2D eigenvalue weighted by Gasteiger charge is -2.31. The molecule has 0 saturated carbocycles. The maximum absolute atomic E-state index is 13.0. The molecular formula is C23H27N3O6S. The molecular weight excluding hydrogens is 446 g/mol.